The Kier molecular flexibility index (Phi) is 5.76. The maximum absolute atomic E-state index is 11.6. The zero-order valence-electron chi connectivity index (χ0n) is 14.2. The summed E-state index contributed by atoms with van der Waals surface area (Å²) >= 11 is 0.932. The highest BCUT2D eigenvalue weighted by Crippen LogP contribution is 2.28. The third kappa shape index (κ3) is 4.63. The number of fused-ring (bicyclic) bond motifs is 1. The van der Waals surface area contributed by atoms with E-state index >= 15 is 0 Å². The Balaban J connectivity index is 1.70. The number of carbonyl (C=O) groups excluding carboxylic acids is 2. The van der Waals surface area contributed by atoms with E-state index in [1.807, 2.05) is 36.4 Å². The number of benzene rings is 2. The number of unbranched alkanes of at least 4 members (excludes halogenated alkanes) is 3. The number of hydrogen-bond donors (Lipinski definition) is 1. The summed E-state index contributed by atoms with van der Waals surface area (Å²) in [6.07, 6.45) is 6.50. The van der Waals surface area contributed by atoms with Gasteiger partial charge in [0, 0.05) is 0 Å². The molecule has 0 bridgehead atoms. The summed E-state index contributed by atoms with van der Waals surface area (Å²) in [5, 5.41) is 4.10. The van der Waals surface area contributed by atoms with E-state index in [4.69, 9.17) is 4.74 Å². The molecule has 1 heterocycles. The van der Waals surface area contributed by atoms with Crippen LogP contribution in [0, 0.1) is 0 Å². The number of thioether (sulfide) groups is 1. The summed E-state index contributed by atoms with van der Waals surface area (Å²) in [4.78, 5) is 23.3. The van der Waals surface area contributed by atoms with Gasteiger partial charge in [-0.25, -0.2) is 0 Å². The van der Waals surface area contributed by atoms with Gasteiger partial charge in [-0.3, -0.25) is 14.9 Å². The van der Waals surface area contributed by atoms with Gasteiger partial charge < -0.3 is 4.74 Å². The monoisotopic (exact) mass is 355 g/mol. The molecule has 2 aromatic carbocycles. The summed E-state index contributed by atoms with van der Waals surface area (Å²) in [5.41, 5.74) is 0.896. The fourth-order valence-electron chi connectivity index (χ4n) is 2.71. The van der Waals surface area contributed by atoms with Gasteiger partial charge in [-0.05, 0) is 58.8 Å². The molecule has 5 heteroatoms. The predicted molar refractivity (Wildman–Crippen MR) is 103 cm³/mol. The number of ether oxygens (including phenoxy) is 1. The summed E-state index contributed by atoms with van der Waals surface area (Å²) in [7, 11) is 0. The Bertz CT molecular complexity index is 829. The van der Waals surface area contributed by atoms with Crippen molar-refractivity contribution in [2.24, 2.45) is 0 Å². The molecule has 1 aliphatic heterocycles. The SMILES string of the molecule is CCCCCCOc1ccc2cc(C=C3SC(=O)NC3=O)ccc2c1. The highest BCUT2D eigenvalue weighted by Gasteiger charge is 2.24. The normalized spacial score (nSPS) is 15.8. The number of hydrogen-bond acceptors (Lipinski definition) is 4. The van der Waals surface area contributed by atoms with Gasteiger partial charge in [-0.1, -0.05) is 44.4 Å². The number of carbonyl (C=O) groups is 2. The topological polar surface area (TPSA) is 55.4 Å². The number of amides is 2. The zero-order valence-corrected chi connectivity index (χ0v) is 15.0. The molecule has 0 radical (unpaired) electrons. The second kappa shape index (κ2) is 8.21. The summed E-state index contributed by atoms with van der Waals surface area (Å²) < 4.78 is 5.82. The third-order valence-corrected chi connectivity index (χ3v) is 4.85. The van der Waals surface area contributed by atoms with Crippen molar-refractivity contribution in [2.45, 2.75) is 32.6 Å². The third-order valence-electron chi connectivity index (χ3n) is 4.04. The Labute approximate surface area is 151 Å². The molecular formula is C20H21NO3S. The fraction of sp³-hybridized carbons (Fsp3) is 0.300. The van der Waals surface area contributed by atoms with Crippen molar-refractivity contribution in [3.8, 4) is 5.75 Å². The number of nitrogens with one attached hydrogen (secondary N) is 1. The van der Waals surface area contributed by atoms with Crippen molar-refractivity contribution in [3.63, 3.8) is 0 Å². The molecule has 0 unspecified atom stereocenters. The van der Waals surface area contributed by atoms with Gasteiger partial charge in [0.05, 0.1) is 11.5 Å². The molecule has 0 atom stereocenters. The lowest BCUT2D eigenvalue weighted by Crippen LogP contribution is -2.17. The molecule has 1 N–H and O–H groups in total. The van der Waals surface area contributed by atoms with Gasteiger partial charge >= 0.3 is 0 Å². The molecule has 1 aliphatic rings. The minimum Gasteiger partial charge on any atom is -0.494 e. The van der Waals surface area contributed by atoms with Crippen molar-refractivity contribution >= 4 is 39.8 Å². The van der Waals surface area contributed by atoms with Crippen molar-refractivity contribution in [1.82, 2.24) is 5.32 Å². The molecule has 0 aromatic heterocycles. The van der Waals surface area contributed by atoms with Gasteiger partial charge in [-0.15, -0.1) is 0 Å². The van der Waals surface area contributed by atoms with Crippen LogP contribution in [-0.4, -0.2) is 17.8 Å². The van der Waals surface area contributed by atoms with Crippen LogP contribution in [0.15, 0.2) is 41.3 Å². The second-order valence-electron chi connectivity index (χ2n) is 6.03. The maximum atomic E-state index is 11.6. The average Bonchev–Trinajstić information content (AvgIpc) is 2.92. The first kappa shape index (κ1) is 17.5. The summed E-state index contributed by atoms with van der Waals surface area (Å²) in [6.45, 7) is 2.94. The molecule has 0 spiro atoms. The van der Waals surface area contributed by atoms with Crippen LogP contribution in [0.3, 0.4) is 0 Å². The van der Waals surface area contributed by atoms with Crippen LogP contribution in [-0.2, 0) is 4.79 Å². The smallest absolute Gasteiger partial charge is 0.290 e. The first-order valence-corrected chi connectivity index (χ1v) is 9.39. The van der Waals surface area contributed by atoms with Crippen molar-refractivity contribution in [3.05, 3.63) is 46.9 Å². The lowest BCUT2D eigenvalue weighted by molar-refractivity contribution is -0.115. The lowest BCUT2D eigenvalue weighted by Gasteiger charge is -2.08. The number of rotatable bonds is 7. The van der Waals surface area contributed by atoms with E-state index in [9.17, 15) is 9.59 Å². The van der Waals surface area contributed by atoms with Gasteiger partial charge in [0.1, 0.15) is 5.75 Å². The van der Waals surface area contributed by atoms with E-state index in [0.717, 1.165) is 46.9 Å². The first-order chi connectivity index (χ1) is 12.2. The molecule has 0 saturated carbocycles. The van der Waals surface area contributed by atoms with E-state index in [1.165, 1.54) is 19.3 Å². The largest absolute Gasteiger partial charge is 0.494 e. The van der Waals surface area contributed by atoms with E-state index in [1.54, 1.807) is 6.08 Å². The van der Waals surface area contributed by atoms with Crippen LogP contribution in [0.2, 0.25) is 0 Å². The van der Waals surface area contributed by atoms with Crippen molar-refractivity contribution in [1.29, 1.82) is 0 Å². The van der Waals surface area contributed by atoms with Crippen LogP contribution in [0.1, 0.15) is 38.2 Å². The maximum Gasteiger partial charge on any atom is 0.290 e. The van der Waals surface area contributed by atoms with Crippen molar-refractivity contribution in [2.75, 3.05) is 6.61 Å². The number of imide groups is 1. The first-order valence-electron chi connectivity index (χ1n) is 8.57. The second-order valence-corrected chi connectivity index (χ2v) is 7.04. The predicted octanol–water partition coefficient (Wildman–Crippen LogP) is 5.12. The fourth-order valence-corrected chi connectivity index (χ4v) is 3.40. The van der Waals surface area contributed by atoms with Gasteiger partial charge in [0.15, 0.2) is 0 Å². The summed E-state index contributed by atoms with van der Waals surface area (Å²) in [5.74, 6) is 0.549. The Hall–Kier alpha value is -2.27. The standard InChI is InChI=1S/C20H21NO3S/c1-2-3-4-5-10-24-17-9-8-15-11-14(6-7-16(15)13-17)12-18-19(22)21-20(23)25-18/h6-9,11-13H,2-5,10H2,1H3,(H,21,22,23). The quantitative estimate of drug-likeness (QED) is 0.553. The van der Waals surface area contributed by atoms with Crippen LogP contribution in [0.5, 0.6) is 5.75 Å². The van der Waals surface area contributed by atoms with Crippen LogP contribution in [0.25, 0.3) is 16.8 Å². The zero-order chi connectivity index (χ0) is 17.6. The highest BCUT2D eigenvalue weighted by molar-refractivity contribution is 8.18. The lowest BCUT2D eigenvalue weighted by atomic mass is 10.1. The van der Waals surface area contributed by atoms with Gasteiger partial charge in [0.25, 0.3) is 11.1 Å². The van der Waals surface area contributed by atoms with Crippen LogP contribution >= 0.6 is 11.8 Å². The minimum atomic E-state index is -0.332. The minimum absolute atomic E-state index is 0.322. The molecule has 130 valence electrons. The highest BCUT2D eigenvalue weighted by atomic mass is 32.2. The molecule has 2 aromatic rings. The molecule has 4 nitrogen and oxygen atoms in total. The van der Waals surface area contributed by atoms with Crippen LogP contribution in [0.4, 0.5) is 4.79 Å². The molecule has 25 heavy (non-hydrogen) atoms. The van der Waals surface area contributed by atoms with Gasteiger partial charge in [0.2, 0.25) is 0 Å². The van der Waals surface area contributed by atoms with E-state index in [2.05, 4.69) is 12.2 Å². The van der Waals surface area contributed by atoms with Crippen molar-refractivity contribution < 1.29 is 14.3 Å². The molecule has 2 amide bonds. The average molecular weight is 355 g/mol. The Morgan fingerprint density at radius 1 is 1.04 bits per heavy atom. The van der Waals surface area contributed by atoms with E-state index in [-0.39, 0.29) is 11.1 Å². The van der Waals surface area contributed by atoms with E-state index in [0.29, 0.717) is 4.91 Å². The van der Waals surface area contributed by atoms with E-state index < -0.39 is 0 Å². The van der Waals surface area contributed by atoms with Crippen LogP contribution < -0.4 is 10.1 Å². The molecule has 1 saturated heterocycles. The summed E-state index contributed by atoms with van der Waals surface area (Å²) in [6, 6.07) is 12.0. The molecule has 1 fully saturated rings. The Morgan fingerprint density at radius 2 is 1.84 bits per heavy atom. The molecule has 0 aliphatic carbocycles. The molecular weight excluding hydrogens is 334 g/mol. The molecule has 3 rings (SSSR count). The Morgan fingerprint density at radius 3 is 2.60 bits per heavy atom. The van der Waals surface area contributed by atoms with Gasteiger partial charge in [-0.2, -0.15) is 0 Å².